The van der Waals surface area contributed by atoms with E-state index in [1.54, 1.807) is 0 Å². The van der Waals surface area contributed by atoms with Crippen LogP contribution in [0.5, 0.6) is 0 Å². The van der Waals surface area contributed by atoms with Gasteiger partial charge in [0.2, 0.25) is 5.91 Å². The van der Waals surface area contributed by atoms with E-state index in [0.29, 0.717) is 0 Å². The van der Waals surface area contributed by atoms with Gasteiger partial charge in [0, 0.05) is 12.0 Å². The molecule has 3 nitrogen and oxygen atoms in total. The second-order valence-corrected chi connectivity index (χ2v) is 5.71. The molecule has 112 valence electrons. The van der Waals surface area contributed by atoms with E-state index in [1.807, 2.05) is 19.1 Å². The molecule has 2 rings (SSSR count). The number of aryl methyl sites for hydroxylation is 1. The van der Waals surface area contributed by atoms with E-state index in [1.165, 1.54) is 11.1 Å². The number of benzene rings is 1. The summed E-state index contributed by atoms with van der Waals surface area (Å²) in [6.45, 7) is 4.12. The Bertz CT molecular complexity index is 450. The number of hydrogen-bond donors (Lipinski definition) is 2. The van der Waals surface area contributed by atoms with Gasteiger partial charge in [-0.2, -0.15) is 0 Å². The van der Waals surface area contributed by atoms with Gasteiger partial charge in [0.1, 0.15) is 0 Å². The molecule has 1 fully saturated rings. The fourth-order valence-electron chi connectivity index (χ4n) is 2.95. The van der Waals surface area contributed by atoms with Crippen LogP contribution in [0.3, 0.4) is 0 Å². The van der Waals surface area contributed by atoms with Gasteiger partial charge in [0.05, 0.1) is 6.04 Å². The van der Waals surface area contributed by atoms with Gasteiger partial charge >= 0.3 is 0 Å². The lowest BCUT2D eigenvalue weighted by atomic mass is 9.85. The fourth-order valence-corrected chi connectivity index (χ4v) is 2.95. The summed E-state index contributed by atoms with van der Waals surface area (Å²) >= 11 is 0. The average molecular weight is 297 g/mol. The van der Waals surface area contributed by atoms with Crippen molar-refractivity contribution in [2.24, 2.45) is 11.7 Å². The summed E-state index contributed by atoms with van der Waals surface area (Å²) in [7, 11) is 0. The van der Waals surface area contributed by atoms with Crippen molar-refractivity contribution in [3.63, 3.8) is 0 Å². The molecule has 1 aromatic rings. The quantitative estimate of drug-likeness (QED) is 0.900. The molecule has 4 heteroatoms. The van der Waals surface area contributed by atoms with Gasteiger partial charge in [-0.15, -0.1) is 12.4 Å². The van der Waals surface area contributed by atoms with Crippen molar-refractivity contribution in [1.29, 1.82) is 0 Å². The van der Waals surface area contributed by atoms with Crippen molar-refractivity contribution < 1.29 is 4.79 Å². The van der Waals surface area contributed by atoms with Crippen LogP contribution in [0.2, 0.25) is 0 Å². The molecule has 3 atom stereocenters. The molecule has 3 unspecified atom stereocenters. The minimum atomic E-state index is 0. The summed E-state index contributed by atoms with van der Waals surface area (Å²) < 4.78 is 0. The van der Waals surface area contributed by atoms with Crippen LogP contribution in [-0.2, 0) is 4.79 Å². The molecule has 0 radical (unpaired) electrons. The SMILES string of the molecule is Cc1ccccc1C(C)NC(=O)C1CCCC(N)C1.Cl. The molecule has 0 spiro atoms. The number of halogens is 1. The molecule has 20 heavy (non-hydrogen) atoms. The van der Waals surface area contributed by atoms with Crippen molar-refractivity contribution in [2.45, 2.75) is 51.6 Å². The highest BCUT2D eigenvalue weighted by molar-refractivity contribution is 5.85. The maximum Gasteiger partial charge on any atom is 0.223 e. The Labute approximate surface area is 127 Å². The summed E-state index contributed by atoms with van der Waals surface area (Å²) in [6.07, 6.45) is 3.92. The van der Waals surface area contributed by atoms with Gasteiger partial charge in [0.25, 0.3) is 0 Å². The van der Waals surface area contributed by atoms with E-state index < -0.39 is 0 Å². The third-order valence-corrected chi connectivity index (χ3v) is 4.10. The molecule has 0 bridgehead atoms. The zero-order valence-electron chi connectivity index (χ0n) is 12.3. The molecule has 1 amide bonds. The van der Waals surface area contributed by atoms with Crippen molar-refractivity contribution in [2.75, 3.05) is 0 Å². The Balaban J connectivity index is 0.00000200. The van der Waals surface area contributed by atoms with Gasteiger partial charge in [-0.05, 0) is 44.2 Å². The lowest BCUT2D eigenvalue weighted by molar-refractivity contribution is -0.126. The molecule has 0 saturated heterocycles. The first-order valence-corrected chi connectivity index (χ1v) is 7.19. The lowest BCUT2D eigenvalue weighted by Gasteiger charge is -2.27. The smallest absolute Gasteiger partial charge is 0.223 e. The zero-order valence-corrected chi connectivity index (χ0v) is 13.1. The van der Waals surface area contributed by atoms with Crippen LogP contribution in [0.1, 0.15) is 49.8 Å². The summed E-state index contributed by atoms with van der Waals surface area (Å²) in [5.41, 5.74) is 8.36. The summed E-state index contributed by atoms with van der Waals surface area (Å²) in [4.78, 5) is 12.3. The Kier molecular flexibility index (Phi) is 6.50. The number of nitrogens with two attached hydrogens (primary N) is 1. The largest absolute Gasteiger partial charge is 0.349 e. The number of nitrogens with one attached hydrogen (secondary N) is 1. The van der Waals surface area contributed by atoms with Crippen molar-refractivity contribution in [1.82, 2.24) is 5.32 Å². The third-order valence-electron chi connectivity index (χ3n) is 4.10. The number of rotatable bonds is 3. The molecule has 1 aromatic carbocycles. The van der Waals surface area contributed by atoms with Gasteiger partial charge in [-0.1, -0.05) is 30.7 Å². The van der Waals surface area contributed by atoms with Gasteiger partial charge in [0.15, 0.2) is 0 Å². The van der Waals surface area contributed by atoms with Gasteiger partial charge in [-0.25, -0.2) is 0 Å². The number of amides is 1. The van der Waals surface area contributed by atoms with Crippen molar-refractivity contribution >= 4 is 18.3 Å². The van der Waals surface area contributed by atoms with Crippen LogP contribution in [0.15, 0.2) is 24.3 Å². The van der Waals surface area contributed by atoms with E-state index in [-0.39, 0.29) is 36.3 Å². The van der Waals surface area contributed by atoms with Crippen LogP contribution in [0.25, 0.3) is 0 Å². The van der Waals surface area contributed by atoms with Crippen LogP contribution in [0.4, 0.5) is 0 Å². The highest BCUT2D eigenvalue weighted by Gasteiger charge is 2.26. The molecule has 0 heterocycles. The molecule has 0 aromatic heterocycles. The van der Waals surface area contributed by atoms with Crippen LogP contribution in [-0.4, -0.2) is 11.9 Å². The molecule has 3 N–H and O–H groups in total. The standard InChI is InChI=1S/C16H24N2O.ClH/c1-11-6-3-4-9-15(11)12(2)18-16(19)13-7-5-8-14(17)10-13;/h3-4,6,9,12-14H,5,7-8,10,17H2,1-2H3,(H,18,19);1H. The summed E-state index contributed by atoms with van der Waals surface area (Å²) in [6, 6.07) is 8.45. The highest BCUT2D eigenvalue weighted by Crippen LogP contribution is 2.24. The van der Waals surface area contributed by atoms with E-state index >= 15 is 0 Å². The summed E-state index contributed by atoms with van der Waals surface area (Å²) in [5.74, 6) is 0.251. The molecular weight excluding hydrogens is 272 g/mol. The van der Waals surface area contributed by atoms with Crippen LogP contribution < -0.4 is 11.1 Å². The predicted molar refractivity (Wildman–Crippen MR) is 84.9 cm³/mol. The van der Waals surface area contributed by atoms with Crippen molar-refractivity contribution in [3.05, 3.63) is 35.4 Å². The maximum absolute atomic E-state index is 12.3. The number of carbonyl (C=O) groups is 1. The van der Waals surface area contributed by atoms with Gasteiger partial charge in [-0.3, -0.25) is 4.79 Å². The Hall–Kier alpha value is -1.06. The Morgan fingerprint density at radius 3 is 2.70 bits per heavy atom. The monoisotopic (exact) mass is 296 g/mol. The highest BCUT2D eigenvalue weighted by atomic mass is 35.5. The number of hydrogen-bond acceptors (Lipinski definition) is 2. The molecule has 1 aliphatic carbocycles. The van der Waals surface area contributed by atoms with Crippen molar-refractivity contribution in [3.8, 4) is 0 Å². The third kappa shape index (κ3) is 4.22. The zero-order chi connectivity index (χ0) is 13.8. The normalized spacial score (nSPS) is 23.6. The number of carbonyl (C=O) groups excluding carboxylic acids is 1. The Morgan fingerprint density at radius 1 is 1.35 bits per heavy atom. The second-order valence-electron chi connectivity index (χ2n) is 5.71. The molecular formula is C16H25ClN2O. The first-order valence-electron chi connectivity index (χ1n) is 7.19. The van der Waals surface area contributed by atoms with Gasteiger partial charge < -0.3 is 11.1 Å². The topological polar surface area (TPSA) is 55.1 Å². The fraction of sp³-hybridized carbons (Fsp3) is 0.562. The van der Waals surface area contributed by atoms with E-state index in [9.17, 15) is 4.79 Å². The average Bonchev–Trinajstić information content (AvgIpc) is 2.39. The first-order chi connectivity index (χ1) is 9.08. The minimum absolute atomic E-state index is 0. The molecule has 0 aliphatic heterocycles. The van der Waals surface area contributed by atoms with E-state index in [4.69, 9.17) is 5.73 Å². The van der Waals surface area contributed by atoms with Crippen LogP contribution in [0, 0.1) is 12.8 Å². The van der Waals surface area contributed by atoms with E-state index in [0.717, 1.165) is 25.7 Å². The maximum atomic E-state index is 12.3. The minimum Gasteiger partial charge on any atom is -0.349 e. The van der Waals surface area contributed by atoms with Crippen LogP contribution >= 0.6 is 12.4 Å². The second kappa shape index (κ2) is 7.65. The molecule has 1 aliphatic rings. The summed E-state index contributed by atoms with van der Waals surface area (Å²) in [5, 5.41) is 3.13. The predicted octanol–water partition coefficient (Wildman–Crippen LogP) is 3.11. The molecule has 1 saturated carbocycles. The first kappa shape index (κ1) is 17.0. The van der Waals surface area contributed by atoms with E-state index in [2.05, 4.69) is 24.4 Å². The lowest BCUT2D eigenvalue weighted by Crippen LogP contribution is -2.38. The Morgan fingerprint density at radius 2 is 2.05 bits per heavy atom.